The second kappa shape index (κ2) is 9.68. The van der Waals surface area contributed by atoms with Crippen LogP contribution in [0.25, 0.3) is 0 Å². The lowest BCUT2D eigenvalue weighted by Gasteiger charge is -2.49. The maximum atomic E-state index is 12.8. The van der Waals surface area contributed by atoms with E-state index in [9.17, 15) is 28.3 Å². The second-order valence-electron chi connectivity index (χ2n) is 6.93. The number of oxime groups is 1. The minimum absolute atomic E-state index is 0.0404. The van der Waals surface area contributed by atoms with Gasteiger partial charge in [0.15, 0.2) is 24.1 Å². The lowest BCUT2D eigenvalue weighted by atomic mass is 10.0. The van der Waals surface area contributed by atoms with Gasteiger partial charge in [0.05, 0.1) is 0 Å². The number of nitrogens with zero attached hydrogens (tertiary/aromatic N) is 5. The fraction of sp³-hybridized carbons (Fsp3) is 0.278. The summed E-state index contributed by atoms with van der Waals surface area (Å²) in [5.41, 5.74) is 5.15. The fourth-order valence-corrected chi connectivity index (χ4v) is 5.15. The van der Waals surface area contributed by atoms with E-state index in [0.29, 0.717) is 22.9 Å². The van der Waals surface area contributed by atoms with Gasteiger partial charge < -0.3 is 21.0 Å². The summed E-state index contributed by atoms with van der Waals surface area (Å²) in [7, 11) is 0. The number of nitrogens with two attached hydrogens (primary N) is 1. The Morgan fingerprint density at radius 2 is 2.12 bits per heavy atom. The van der Waals surface area contributed by atoms with Crippen LogP contribution in [0.5, 0.6) is 0 Å². The number of carboxylic acids is 1. The summed E-state index contributed by atoms with van der Waals surface area (Å²) in [4.78, 5) is 46.2. The number of pyridine rings is 1. The number of carbonyl (C=O) groups excluding carboxylic acids is 2. The van der Waals surface area contributed by atoms with Gasteiger partial charge in [-0.2, -0.15) is 18.1 Å². The van der Waals surface area contributed by atoms with Gasteiger partial charge in [-0.25, -0.2) is 9.36 Å². The van der Waals surface area contributed by atoms with Crippen molar-refractivity contribution in [3.8, 4) is 0 Å². The number of thioether (sulfide) groups is 1. The highest BCUT2D eigenvalue weighted by molar-refractivity contribution is 8.00. The highest BCUT2D eigenvalue weighted by atomic mass is 32.2. The molecule has 4 rings (SSSR count). The molecule has 34 heavy (non-hydrogen) atoms. The molecule has 0 saturated carbocycles. The monoisotopic (exact) mass is 512 g/mol. The Kier molecular flexibility index (Phi) is 6.69. The van der Waals surface area contributed by atoms with Crippen LogP contribution in [0.2, 0.25) is 0 Å². The molecular formula is C18H16F2N7O5S2+. The molecule has 2 aromatic rings. The van der Waals surface area contributed by atoms with Crippen LogP contribution < -0.4 is 15.6 Å². The van der Waals surface area contributed by atoms with E-state index in [-0.39, 0.29) is 23.2 Å². The van der Waals surface area contributed by atoms with Crippen molar-refractivity contribution < 1.29 is 37.7 Å². The Balaban J connectivity index is 1.53. The van der Waals surface area contributed by atoms with Crippen molar-refractivity contribution in [1.29, 1.82) is 0 Å². The molecule has 2 aromatic heterocycles. The van der Waals surface area contributed by atoms with E-state index in [1.165, 1.54) is 11.8 Å². The van der Waals surface area contributed by atoms with Crippen LogP contribution in [0.1, 0.15) is 5.82 Å². The van der Waals surface area contributed by atoms with E-state index >= 15 is 0 Å². The van der Waals surface area contributed by atoms with Gasteiger partial charge in [0.1, 0.15) is 17.1 Å². The van der Waals surface area contributed by atoms with Crippen LogP contribution in [0, 0.1) is 0 Å². The quantitative estimate of drug-likeness (QED) is 0.188. The molecule has 0 spiro atoms. The third kappa shape index (κ3) is 4.67. The molecule has 1 unspecified atom stereocenters. The van der Waals surface area contributed by atoms with Crippen LogP contribution in [0.3, 0.4) is 0 Å². The molecule has 0 aromatic carbocycles. The Morgan fingerprint density at radius 3 is 2.74 bits per heavy atom. The number of rotatable bonds is 8. The van der Waals surface area contributed by atoms with Crippen molar-refractivity contribution in [2.45, 2.75) is 24.6 Å². The lowest BCUT2D eigenvalue weighted by molar-refractivity contribution is -0.689. The molecule has 0 aliphatic carbocycles. The van der Waals surface area contributed by atoms with Gasteiger partial charge in [-0.3, -0.25) is 14.5 Å². The number of halogens is 2. The first-order valence-corrected chi connectivity index (χ1v) is 11.3. The van der Waals surface area contributed by atoms with Crippen LogP contribution in [0.4, 0.5) is 13.9 Å². The molecule has 1 saturated heterocycles. The molecule has 2 amide bonds. The van der Waals surface area contributed by atoms with Crippen molar-refractivity contribution in [2.75, 3.05) is 11.5 Å². The summed E-state index contributed by atoms with van der Waals surface area (Å²) in [6, 6.07) is 4.29. The van der Waals surface area contributed by atoms with Gasteiger partial charge in [-0.15, -0.1) is 11.8 Å². The lowest BCUT2D eigenvalue weighted by Crippen LogP contribution is -2.71. The molecule has 178 valence electrons. The smallest absolute Gasteiger partial charge is 0.407 e. The molecule has 1 fully saturated rings. The van der Waals surface area contributed by atoms with Gasteiger partial charge in [-0.05, 0) is 0 Å². The van der Waals surface area contributed by atoms with Crippen LogP contribution >= 0.6 is 23.3 Å². The van der Waals surface area contributed by atoms with Gasteiger partial charge in [0, 0.05) is 35.0 Å². The van der Waals surface area contributed by atoms with E-state index in [2.05, 4.69) is 24.7 Å². The number of aromatic nitrogens is 3. The number of nitrogen functional groups attached to an aromatic ring is 1. The van der Waals surface area contributed by atoms with E-state index in [1.54, 1.807) is 29.1 Å². The first-order valence-electron chi connectivity index (χ1n) is 9.52. The third-order valence-corrected chi connectivity index (χ3v) is 6.66. The molecule has 4 N–H and O–H groups in total. The highest BCUT2D eigenvalue weighted by Gasteiger charge is 2.54. The van der Waals surface area contributed by atoms with Crippen molar-refractivity contribution in [2.24, 2.45) is 5.16 Å². The fourth-order valence-electron chi connectivity index (χ4n) is 3.38. The van der Waals surface area contributed by atoms with Gasteiger partial charge in [0.2, 0.25) is 11.5 Å². The SMILES string of the molecule is Nc1nc(C(=NOC(F)F)C(=O)NC2C(=O)N3C(C(=O)O)=C(C[n+]4ccccc4)CS[C@H]23)ns1. The maximum Gasteiger partial charge on any atom is 0.407 e. The topological polar surface area (TPSA) is 164 Å². The largest absolute Gasteiger partial charge is 0.477 e. The first kappa shape index (κ1) is 23.5. The summed E-state index contributed by atoms with van der Waals surface area (Å²) in [6.45, 7) is -3.04. The first-order chi connectivity index (χ1) is 16.3. The Labute approximate surface area is 198 Å². The summed E-state index contributed by atoms with van der Waals surface area (Å²) in [5.74, 6) is -3.05. The van der Waals surface area contributed by atoms with Crippen molar-refractivity contribution >= 4 is 51.9 Å². The number of alkyl halides is 2. The number of nitrogens with one attached hydrogen (secondary N) is 1. The van der Waals surface area contributed by atoms with Gasteiger partial charge >= 0.3 is 12.6 Å². The Bertz CT molecular complexity index is 1190. The Hall–Kier alpha value is -3.66. The number of β-lactam (4-membered cyclic amide) rings is 1. The maximum absolute atomic E-state index is 12.8. The molecule has 2 aliphatic heterocycles. The number of aliphatic carboxylic acids is 1. The van der Waals surface area contributed by atoms with Gasteiger partial charge in [0.25, 0.3) is 11.8 Å². The molecule has 12 nitrogen and oxygen atoms in total. The molecule has 0 radical (unpaired) electrons. The van der Waals surface area contributed by atoms with E-state index < -0.39 is 41.5 Å². The number of hydrogen-bond donors (Lipinski definition) is 3. The standard InChI is InChI=1S/C18H15F2N7O5S2/c19-17(20)32-24-9(12-23-18(21)34-25-12)13(28)22-10-14(29)27-11(16(30)31)8(7-33-15(10)27)6-26-4-2-1-3-5-26/h1-5,10,15,17H,6-7H2,(H3-,21,22,23,25,28,30,31)/p+1/t10?,15-/m1/s1. The summed E-state index contributed by atoms with van der Waals surface area (Å²) in [5, 5.41) is 14.5. The van der Waals surface area contributed by atoms with E-state index in [1.807, 2.05) is 6.07 Å². The average Bonchev–Trinajstić information content (AvgIpc) is 3.23. The van der Waals surface area contributed by atoms with Gasteiger partial charge in [-0.1, -0.05) is 11.2 Å². The number of fused-ring (bicyclic) bond motifs is 1. The molecular weight excluding hydrogens is 496 g/mol. The van der Waals surface area contributed by atoms with Crippen LogP contribution in [-0.4, -0.2) is 66.6 Å². The highest BCUT2D eigenvalue weighted by Crippen LogP contribution is 2.40. The zero-order valence-electron chi connectivity index (χ0n) is 17.0. The number of carboxylic acid groups (broad SMARTS) is 1. The molecule has 2 atom stereocenters. The van der Waals surface area contributed by atoms with Crippen LogP contribution in [0.15, 0.2) is 47.0 Å². The van der Waals surface area contributed by atoms with Crippen LogP contribution in [-0.2, 0) is 25.8 Å². The van der Waals surface area contributed by atoms with E-state index in [4.69, 9.17) is 5.73 Å². The predicted molar refractivity (Wildman–Crippen MR) is 114 cm³/mol. The van der Waals surface area contributed by atoms with Crippen molar-refractivity contribution in [1.82, 2.24) is 19.6 Å². The zero-order valence-corrected chi connectivity index (χ0v) is 18.6. The molecule has 2 aliphatic rings. The van der Waals surface area contributed by atoms with Crippen molar-refractivity contribution in [3.63, 3.8) is 0 Å². The van der Waals surface area contributed by atoms with Crippen molar-refractivity contribution in [3.05, 3.63) is 47.7 Å². The Morgan fingerprint density at radius 1 is 1.38 bits per heavy atom. The average molecular weight is 513 g/mol. The predicted octanol–water partition coefficient (Wildman–Crippen LogP) is -0.210. The molecule has 16 heteroatoms. The van der Waals surface area contributed by atoms with E-state index in [0.717, 1.165) is 4.90 Å². The summed E-state index contributed by atoms with van der Waals surface area (Å²) < 4.78 is 30.5. The molecule has 0 bridgehead atoms. The number of amides is 2. The summed E-state index contributed by atoms with van der Waals surface area (Å²) >= 11 is 1.97. The third-order valence-electron chi connectivity index (χ3n) is 4.78. The normalized spacial score (nSPS) is 20.1. The summed E-state index contributed by atoms with van der Waals surface area (Å²) in [6.07, 6.45) is 3.54. The minimum atomic E-state index is -3.31. The minimum Gasteiger partial charge on any atom is -0.477 e. The zero-order chi connectivity index (χ0) is 24.4. The number of carbonyl (C=O) groups is 3. The molecule has 4 heterocycles. The number of anilines is 1. The number of hydrogen-bond acceptors (Lipinski definition) is 10. The second-order valence-corrected chi connectivity index (χ2v) is 8.82.